The molecule has 4 fully saturated rings. The van der Waals surface area contributed by atoms with E-state index in [2.05, 4.69) is 4.98 Å². The van der Waals surface area contributed by atoms with Crippen LogP contribution in [-0.4, -0.2) is 16.7 Å². The van der Waals surface area contributed by atoms with Crippen LogP contribution in [0.25, 0.3) is 10.9 Å². The summed E-state index contributed by atoms with van der Waals surface area (Å²) in [4.78, 5) is 30.5. The van der Waals surface area contributed by atoms with Gasteiger partial charge in [0.25, 0.3) is 0 Å². The average Bonchev–Trinajstić information content (AvgIpc) is 3.21. The van der Waals surface area contributed by atoms with Gasteiger partial charge in [0.2, 0.25) is 5.78 Å². The fourth-order valence-electron chi connectivity index (χ4n) is 6.91. The number of ketones is 1. The number of rotatable bonds is 5. The third-order valence-electron chi connectivity index (χ3n) is 7.89. The molecule has 31 heavy (non-hydrogen) atoms. The zero-order valence-corrected chi connectivity index (χ0v) is 17.6. The van der Waals surface area contributed by atoms with Crippen LogP contribution in [-0.2, 0) is 9.53 Å². The van der Waals surface area contributed by atoms with Crippen molar-refractivity contribution in [3.05, 3.63) is 71.9 Å². The van der Waals surface area contributed by atoms with Gasteiger partial charge in [-0.25, -0.2) is 0 Å². The Morgan fingerprint density at radius 1 is 0.871 bits per heavy atom. The molecule has 7 rings (SSSR count). The molecule has 4 heteroatoms. The van der Waals surface area contributed by atoms with E-state index in [-0.39, 0.29) is 17.2 Å². The van der Waals surface area contributed by atoms with E-state index >= 15 is 0 Å². The smallest absolute Gasteiger partial charge is 0.313 e. The van der Waals surface area contributed by atoms with Crippen molar-refractivity contribution < 1.29 is 14.3 Å². The maximum atomic E-state index is 13.7. The van der Waals surface area contributed by atoms with Crippen LogP contribution in [0.2, 0.25) is 0 Å². The third kappa shape index (κ3) is 3.12. The van der Waals surface area contributed by atoms with Gasteiger partial charge in [0.05, 0.1) is 5.41 Å². The Kier molecular flexibility index (Phi) is 4.31. The molecule has 1 atom stereocenters. The summed E-state index contributed by atoms with van der Waals surface area (Å²) in [5.74, 6) is 1.63. The van der Waals surface area contributed by atoms with Crippen LogP contribution >= 0.6 is 0 Å². The van der Waals surface area contributed by atoms with E-state index in [0.29, 0.717) is 23.3 Å². The summed E-state index contributed by atoms with van der Waals surface area (Å²) < 4.78 is 6.15. The molecule has 1 heterocycles. The second kappa shape index (κ2) is 7.08. The summed E-state index contributed by atoms with van der Waals surface area (Å²) in [5, 5.41) is 0.860. The molecule has 0 unspecified atom stereocenters. The van der Waals surface area contributed by atoms with E-state index in [0.717, 1.165) is 35.7 Å². The van der Waals surface area contributed by atoms with E-state index in [4.69, 9.17) is 4.74 Å². The molecule has 158 valence electrons. The quantitative estimate of drug-likeness (QED) is 0.421. The number of hydrogen-bond donors (Lipinski definition) is 1. The molecule has 4 nitrogen and oxygen atoms in total. The van der Waals surface area contributed by atoms with Gasteiger partial charge < -0.3 is 9.72 Å². The highest BCUT2D eigenvalue weighted by molar-refractivity contribution is 6.10. The van der Waals surface area contributed by atoms with Crippen molar-refractivity contribution in [1.82, 2.24) is 4.98 Å². The minimum Gasteiger partial charge on any atom is -0.449 e. The maximum absolute atomic E-state index is 13.7. The fraction of sp³-hybridized carbons (Fsp3) is 0.407. The lowest BCUT2D eigenvalue weighted by Crippen LogP contribution is -2.51. The van der Waals surface area contributed by atoms with Gasteiger partial charge >= 0.3 is 5.97 Å². The van der Waals surface area contributed by atoms with E-state index in [1.807, 2.05) is 54.6 Å². The molecule has 1 aromatic heterocycles. The van der Waals surface area contributed by atoms with Gasteiger partial charge in [-0.15, -0.1) is 0 Å². The second-order valence-electron chi connectivity index (χ2n) is 10.0. The van der Waals surface area contributed by atoms with Crippen molar-refractivity contribution in [3.63, 3.8) is 0 Å². The number of para-hydroxylation sites is 1. The molecule has 4 saturated carbocycles. The van der Waals surface area contributed by atoms with Gasteiger partial charge in [-0.3, -0.25) is 9.59 Å². The van der Waals surface area contributed by atoms with Crippen molar-refractivity contribution in [3.8, 4) is 0 Å². The van der Waals surface area contributed by atoms with E-state index in [1.165, 1.54) is 19.3 Å². The summed E-state index contributed by atoms with van der Waals surface area (Å²) in [6, 6.07) is 17.2. The Morgan fingerprint density at radius 3 is 2.16 bits per heavy atom. The van der Waals surface area contributed by atoms with Gasteiger partial charge in [0.1, 0.15) is 0 Å². The topological polar surface area (TPSA) is 59.2 Å². The highest BCUT2D eigenvalue weighted by atomic mass is 16.5. The number of hydrogen-bond acceptors (Lipinski definition) is 3. The highest BCUT2D eigenvalue weighted by Crippen LogP contribution is 2.60. The molecule has 4 aliphatic carbocycles. The first-order chi connectivity index (χ1) is 15.1. The molecule has 0 aliphatic heterocycles. The van der Waals surface area contributed by atoms with E-state index < -0.39 is 6.10 Å². The lowest BCUT2D eigenvalue weighted by molar-refractivity contribution is -0.175. The Bertz CT molecular complexity index is 1110. The van der Waals surface area contributed by atoms with Crippen LogP contribution in [0.4, 0.5) is 0 Å². The van der Waals surface area contributed by atoms with Gasteiger partial charge in [-0.05, 0) is 62.3 Å². The minimum absolute atomic E-state index is 0.159. The first-order valence-electron chi connectivity index (χ1n) is 11.5. The number of ether oxygens (including phenoxy) is 1. The number of benzene rings is 2. The van der Waals surface area contributed by atoms with Gasteiger partial charge in [0, 0.05) is 28.2 Å². The summed E-state index contributed by atoms with van der Waals surface area (Å²) >= 11 is 0. The molecule has 2 aromatic carbocycles. The second-order valence-corrected chi connectivity index (χ2v) is 10.0. The van der Waals surface area contributed by atoms with E-state index in [1.54, 1.807) is 6.20 Å². The highest BCUT2D eigenvalue weighted by Gasteiger charge is 2.56. The predicted octanol–water partition coefficient (Wildman–Crippen LogP) is 5.85. The number of Topliss-reactive ketones (excluding diaryl/α,β-unsaturated/α-hetero) is 1. The van der Waals surface area contributed by atoms with Gasteiger partial charge in [0.15, 0.2) is 6.10 Å². The van der Waals surface area contributed by atoms with Crippen LogP contribution < -0.4 is 0 Å². The average molecular weight is 414 g/mol. The number of carbonyl (C=O) groups is 2. The van der Waals surface area contributed by atoms with Crippen molar-refractivity contribution in [2.45, 2.75) is 44.6 Å². The molecular formula is C27H27NO3. The van der Waals surface area contributed by atoms with Crippen molar-refractivity contribution in [2.75, 3.05) is 0 Å². The summed E-state index contributed by atoms with van der Waals surface area (Å²) in [7, 11) is 0. The molecule has 4 aliphatic rings. The Morgan fingerprint density at radius 2 is 1.48 bits per heavy atom. The largest absolute Gasteiger partial charge is 0.449 e. The first-order valence-corrected chi connectivity index (χ1v) is 11.5. The monoisotopic (exact) mass is 413 g/mol. The van der Waals surface area contributed by atoms with Crippen LogP contribution in [0.5, 0.6) is 0 Å². The number of H-pyrrole nitrogens is 1. The number of carbonyl (C=O) groups excluding carboxylic acids is 2. The molecule has 0 spiro atoms. The Balaban J connectivity index is 1.34. The molecule has 1 N–H and O–H groups in total. The van der Waals surface area contributed by atoms with Gasteiger partial charge in [-0.1, -0.05) is 48.5 Å². The number of aromatic amines is 1. The normalized spacial score (nSPS) is 29.7. The Hall–Kier alpha value is -2.88. The van der Waals surface area contributed by atoms with Crippen LogP contribution in [0, 0.1) is 23.2 Å². The number of aromatic nitrogens is 1. The maximum Gasteiger partial charge on any atom is 0.313 e. The predicted molar refractivity (Wildman–Crippen MR) is 119 cm³/mol. The van der Waals surface area contributed by atoms with Crippen LogP contribution in [0.3, 0.4) is 0 Å². The number of nitrogens with one attached hydrogen (secondary N) is 1. The number of esters is 1. The standard InChI is InChI=1S/C27H27NO3/c29-24(22-16-28-23-9-5-4-8-21(22)23)25(20-6-2-1-3-7-20)31-26(30)27-13-17-10-18(14-27)12-19(11-17)15-27/h1-9,16-19,25,28H,10-15H2/t17?,18?,19?,25-,27?/m1/s1. The zero-order chi connectivity index (χ0) is 21.0. The molecular weight excluding hydrogens is 386 g/mol. The minimum atomic E-state index is -0.916. The molecule has 4 bridgehead atoms. The molecule has 0 radical (unpaired) electrons. The van der Waals surface area contributed by atoms with Crippen LogP contribution in [0.1, 0.15) is 60.6 Å². The van der Waals surface area contributed by atoms with Crippen molar-refractivity contribution >= 4 is 22.7 Å². The summed E-state index contributed by atoms with van der Waals surface area (Å²) in [6.07, 6.45) is 7.42. The first kappa shape index (κ1) is 18.9. The summed E-state index contributed by atoms with van der Waals surface area (Å²) in [5.41, 5.74) is 1.83. The lowest BCUT2D eigenvalue weighted by atomic mass is 9.49. The molecule has 3 aromatic rings. The lowest BCUT2D eigenvalue weighted by Gasteiger charge is -2.55. The van der Waals surface area contributed by atoms with Crippen molar-refractivity contribution in [1.29, 1.82) is 0 Å². The van der Waals surface area contributed by atoms with E-state index in [9.17, 15) is 9.59 Å². The SMILES string of the molecule is O=C(c1c[nH]c2ccccc12)[C@H](OC(=O)C12CC3CC(CC(C3)C1)C2)c1ccccc1. The molecule has 0 amide bonds. The fourth-order valence-corrected chi connectivity index (χ4v) is 6.91. The Labute approximate surface area is 182 Å². The third-order valence-corrected chi connectivity index (χ3v) is 7.89. The van der Waals surface area contributed by atoms with Crippen molar-refractivity contribution in [2.24, 2.45) is 23.2 Å². The summed E-state index contributed by atoms with van der Waals surface area (Å²) in [6.45, 7) is 0. The molecule has 0 saturated heterocycles. The van der Waals surface area contributed by atoms with Crippen LogP contribution in [0.15, 0.2) is 60.8 Å². The van der Waals surface area contributed by atoms with Gasteiger partial charge in [-0.2, -0.15) is 0 Å². The number of fused-ring (bicyclic) bond motifs is 1. The zero-order valence-electron chi connectivity index (χ0n) is 17.6.